The van der Waals surface area contributed by atoms with Gasteiger partial charge in [0.1, 0.15) is 87.9 Å². The Bertz CT molecular complexity index is 495. The molecule has 0 rings (SSSR count). The van der Waals surface area contributed by atoms with Gasteiger partial charge in [0, 0.05) is 0 Å². The molecule has 0 aromatic carbocycles. The minimum Gasteiger partial charge on any atom is -0.868 e. The molecule has 0 atom stereocenters. The molecule has 360 valence electrons. The second kappa shape index (κ2) is 233. The van der Waals surface area contributed by atoms with Gasteiger partial charge in [-0.1, -0.05) is 54.3 Å². The minimum atomic E-state index is -2.78. The van der Waals surface area contributed by atoms with E-state index in [-0.39, 0.29) is 453 Å². The standard InChI is InChI=1S/12BFO3.24Li/c12*2-5-1(3)4;;;;;;;;;;;;;;;;;;;;;;;;/q12*-2;24*+1. The van der Waals surface area contributed by atoms with Gasteiger partial charge < -0.3 is 179 Å². The van der Waals surface area contributed by atoms with Gasteiger partial charge in [0.05, 0.1) is 0 Å². The minimum absolute atomic E-state index is 0. The van der Waals surface area contributed by atoms with Crippen LogP contribution in [0.4, 0.5) is 54.3 Å². The van der Waals surface area contributed by atoms with Gasteiger partial charge in [-0.15, -0.1) is 0 Å². The molecule has 0 heterocycles. The van der Waals surface area contributed by atoms with E-state index in [1.165, 1.54) is 0 Å². The Morgan fingerprint density at radius 3 is 0.119 bits per heavy atom. The van der Waals surface area contributed by atoms with Gasteiger partial charge in [0.2, 0.25) is 0 Å². The Labute approximate surface area is 761 Å². The summed E-state index contributed by atoms with van der Waals surface area (Å²) in [6, 6.07) is 0. The molecule has 84 heteroatoms. The van der Waals surface area contributed by atoms with E-state index in [2.05, 4.69) is 58.3 Å². The van der Waals surface area contributed by atoms with Crippen LogP contribution in [0.3, 0.4) is 0 Å². The number of hydrogen-bond acceptors (Lipinski definition) is 36. The molecule has 0 N–H and O–H groups in total. The normalized spacial score (nSPS) is 5.57. The van der Waals surface area contributed by atoms with Gasteiger partial charge in [0.15, 0.2) is 0 Å². The summed E-state index contributed by atoms with van der Waals surface area (Å²) in [5, 5.41) is 210. The van der Waals surface area contributed by atoms with Crippen LogP contribution < -0.4 is 573 Å². The summed E-state index contributed by atoms with van der Waals surface area (Å²) in [6.07, 6.45) is 0. The molecule has 0 aromatic rings. The first-order valence-corrected chi connectivity index (χ1v) is 10.3. The molecule has 0 unspecified atom stereocenters. The van der Waals surface area contributed by atoms with Gasteiger partial charge in [0.25, 0.3) is 0 Å². The third kappa shape index (κ3) is 615. The molecule has 0 radical (unpaired) electrons. The van der Waals surface area contributed by atoms with Gasteiger partial charge >= 0.3 is 453 Å². The van der Waals surface area contributed by atoms with E-state index in [0.717, 1.165) is 0 Å². The van der Waals surface area contributed by atoms with Crippen LogP contribution in [-0.2, 0) is 58.3 Å². The molecular weight excluding hydrogens is 1100 g/mol. The van der Waals surface area contributed by atoms with Crippen LogP contribution in [0.2, 0.25) is 0 Å². The van der Waals surface area contributed by atoms with E-state index < -0.39 is 87.9 Å². The molecule has 0 saturated carbocycles. The molecular formula is B12F12Li24O36. The molecule has 0 saturated heterocycles. The van der Waals surface area contributed by atoms with E-state index in [0.29, 0.717) is 0 Å². The Morgan fingerprint density at radius 2 is 0.119 bits per heavy atom. The van der Waals surface area contributed by atoms with Gasteiger partial charge in [-0.3, -0.25) is 0 Å². The fraction of sp³-hybridized carbons (Fsp3) is 0. The van der Waals surface area contributed by atoms with Crippen LogP contribution in [0.15, 0.2) is 0 Å². The largest absolute Gasteiger partial charge is 1.00 e. The Balaban J connectivity index is -0.00000000858. The summed E-state index contributed by atoms with van der Waals surface area (Å²) in [5.74, 6) is 0. The molecule has 0 aliphatic carbocycles. The SMILES string of the molecule is [Li+].[Li+].[Li+].[Li+].[Li+].[Li+].[Li+].[Li+].[Li+].[Li+].[Li+].[Li+].[Li+].[Li+].[Li+].[Li+].[Li+].[Li+].[Li+].[Li+].[Li+].[Li+].[Li+].[Li+].[O-]B([O-])OF.[O-]B([O-])OF.[O-]B([O-])OF.[O-]B([O-])OF.[O-]B([O-])OF.[O-]B([O-])OF.[O-]B([O-])OF.[O-]B([O-])OF.[O-]B([O-])OF.[O-]B([O-])OF.[O-]B([O-])OF.[O-]B([O-])OF. The Hall–Kier alpha value is 12.8. The topological polar surface area (TPSA) is 664 Å². The van der Waals surface area contributed by atoms with Gasteiger partial charge in [-0.2, -0.15) is 0 Å². The first kappa shape index (κ1) is 240. The van der Waals surface area contributed by atoms with E-state index in [9.17, 15) is 54.3 Å². The van der Waals surface area contributed by atoms with Crippen molar-refractivity contribution >= 4 is 87.9 Å². The van der Waals surface area contributed by atoms with Crippen molar-refractivity contribution in [3.63, 3.8) is 0 Å². The van der Waals surface area contributed by atoms with Crippen LogP contribution in [0.25, 0.3) is 0 Å². The summed E-state index contributed by atoms with van der Waals surface area (Å²) < 4.78 is 120. The molecule has 0 spiro atoms. The number of rotatable bonds is 12. The molecule has 0 amide bonds. The average molecular weight is 1100 g/mol. The summed E-state index contributed by atoms with van der Waals surface area (Å²) in [4.78, 5) is 25.7. The molecule has 0 aliphatic rings. The van der Waals surface area contributed by atoms with Crippen molar-refractivity contribution in [3.8, 4) is 0 Å². The Morgan fingerprint density at radius 1 is 0.107 bits per heavy atom. The molecule has 36 nitrogen and oxygen atoms in total. The van der Waals surface area contributed by atoms with Crippen molar-refractivity contribution in [3.05, 3.63) is 0 Å². The van der Waals surface area contributed by atoms with E-state index in [4.69, 9.17) is 121 Å². The molecule has 0 aromatic heterocycles. The van der Waals surface area contributed by atoms with E-state index >= 15 is 0 Å². The fourth-order valence-corrected chi connectivity index (χ4v) is 0. The third-order valence-corrected chi connectivity index (χ3v) is 0.873. The van der Waals surface area contributed by atoms with Crippen molar-refractivity contribution in [1.29, 1.82) is 0 Å². The molecule has 0 bridgehead atoms. The van der Waals surface area contributed by atoms with Crippen molar-refractivity contribution in [1.82, 2.24) is 0 Å². The van der Waals surface area contributed by atoms with Crippen molar-refractivity contribution in [2.45, 2.75) is 0 Å². The maximum atomic E-state index is 9.99. The van der Waals surface area contributed by atoms with Gasteiger partial charge in [-0.25, -0.2) is 0 Å². The number of hydrogen-bond donors (Lipinski definition) is 0. The average Bonchev–Trinajstić information content (AvgIpc) is 3.19. The zero-order valence-corrected chi connectivity index (χ0v) is 50.2. The van der Waals surface area contributed by atoms with E-state index in [1.54, 1.807) is 0 Å². The monoisotopic (exact) mass is 1100 g/mol. The fourth-order valence-electron chi connectivity index (χ4n) is 0. The second-order valence-corrected chi connectivity index (χ2v) is 4.53. The summed E-state index contributed by atoms with van der Waals surface area (Å²) >= 11 is 0. The second-order valence-electron chi connectivity index (χ2n) is 4.53. The predicted octanol–water partition coefficient (Wildman–Crippen LogP) is -101. The van der Waals surface area contributed by atoms with Crippen LogP contribution in [-0.4, -0.2) is 87.9 Å². The van der Waals surface area contributed by atoms with Crippen molar-refractivity contribution in [2.24, 2.45) is 0 Å². The van der Waals surface area contributed by atoms with Crippen LogP contribution >= 0.6 is 0 Å². The first-order chi connectivity index (χ1) is 27.2. The zero-order valence-electron chi connectivity index (χ0n) is 50.2. The van der Waals surface area contributed by atoms with Crippen molar-refractivity contribution in [2.75, 3.05) is 0 Å². The predicted molar refractivity (Wildman–Crippen MR) is 95.4 cm³/mol. The molecule has 0 aliphatic heterocycles. The summed E-state index contributed by atoms with van der Waals surface area (Å²) in [5.41, 5.74) is 0. The summed E-state index contributed by atoms with van der Waals surface area (Å²) in [6.45, 7) is 0. The van der Waals surface area contributed by atoms with Crippen LogP contribution in [0, 0.1) is 0 Å². The maximum Gasteiger partial charge on any atom is 1.00 e. The smallest absolute Gasteiger partial charge is 0.868 e. The summed E-state index contributed by atoms with van der Waals surface area (Å²) in [7, 11) is -33.4. The Kier molecular flexibility index (Phi) is 666. The number of halogens is 12. The van der Waals surface area contributed by atoms with Crippen molar-refractivity contribution < 1.29 is 686 Å². The molecule has 84 heavy (non-hydrogen) atoms. The zero-order chi connectivity index (χ0) is 51.4. The van der Waals surface area contributed by atoms with Crippen LogP contribution in [0.1, 0.15) is 0 Å². The molecule has 0 fully saturated rings. The first-order valence-electron chi connectivity index (χ1n) is 10.3. The van der Waals surface area contributed by atoms with Crippen LogP contribution in [0.5, 0.6) is 0 Å². The van der Waals surface area contributed by atoms with E-state index in [1.807, 2.05) is 0 Å². The van der Waals surface area contributed by atoms with Gasteiger partial charge in [-0.05, 0) is 0 Å². The maximum absolute atomic E-state index is 9.99. The third-order valence-electron chi connectivity index (χ3n) is 0.873. The quantitative estimate of drug-likeness (QED) is 0.129.